The fraction of sp³-hybridized carbons (Fsp3) is 0.111. The summed E-state index contributed by atoms with van der Waals surface area (Å²) < 4.78 is 15.7. The number of aliphatic imine (C=N–C) groups is 1. The number of methoxy groups -OCH3 is 2. The van der Waals surface area contributed by atoms with Crippen LogP contribution < -0.4 is 9.47 Å². The van der Waals surface area contributed by atoms with E-state index >= 15 is 0 Å². The van der Waals surface area contributed by atoms with Crippen LogP contribution in [0.1, 0.15) is 11.1 Å². The Hall–Kier alpha value is -3.08. The second-order valence-corrected chi connectivity index (χ2v) is 4.81. The molecule has 2 aromatic rings. The lowest BCUT2D eigenvalue weighted by Gasteiger charge is -2.07. The molecule has 0 aliphatic carbocycles. The van der Waals surface area contributed by atoms with Crippen LogP contribution in [0, 0.1) is 0 Å². The second kappa shape index (κ2) is 6.36. The first-order valence-electron chi connectivity index (χ1n) is 7.01. The van der Waals surface area contributed by atoms with E-state index in [1.165, 1.54) is 0 Å². The zero-order valence-corrected chi connectivity index (χ0v) is 12.8. The summed E-state index contributed by atoms with van der Waals surface area (Å²) >= 11 is 0. The van der Waals surface area contributed by atoms with Crippen molar-refractivity contribution in [3.05, 3.63) is 65.4 Å². The highest BCUT2D eigenvalue weighted by molar-refractivity contribution is 6.12. The molecule has 0 atom stereocenters. The number of esters is 1. The quantitative estimate of drug-likeness (QED) is 0.643. The highest BCUT2D eigenvalue weighted by atomic mass is 16.6. The van der Waals surface area contributed by atoms with Gasteiger partial charge in [-0.2, -0.15) is 0 Å². The van der Waals surface area contributed by atoms with Crippen LogP contribution >= 0.6 is 0 Å². The average Bonchev–Trinajstić information content (AvgIpc) is 2.96. The third-order valence-electron chi connectivity index (χ3n) is 3.37. The molecule has 23 heavy (non-hydrogen) atoms. The largest absolute Gasteiger partial charge is 0.497 e. The summed E-state index contributed by atoms with van der Waals surface area (Å²) in [5.41, 5.74) is 1.66. The third-order valence-corrected chi connectivity index (χ3v) is 3.37. The SMILES string of the molecule is COc1ccc(OC)c(C=C2N=C(c3ccccc3)OC2=O)c1. The van der Waals surface area contributed by atoms with Crippen LogP contribution in [0.15, 0.2) is 59.2 Å². The summed E-state index contributed by atoms with van der Waals surface area (Å²) in [6.07, 6.45) is 1.62. The van der Waals surface area contributed by atoms with E-state index in [4.69, 9.17) is 14.2 Å². The standard InChI is InChI=1S/C18H15NO4/c1-21-14-8-9-16(22-2)13(10-14)11-15-18(20)23-17(19-15)12-6-4-3-5-7-12/h3-11H,1-2H3. The van der Waals surface area contributed by atoms with Crippen LogP contribution in [0.4, 0.5) is 0 Å². The summed E-state index contributed by atoms with van der Waals surface area (Å²) in [7, 11) is 3.14. The lowest BCUT2D eigenvalue weighted by molar-refractivity contribution is -0.129. The first-order valence-corrected chi connectivity index (χ1v) is 7.01. The van der Waals surface area contributed by atoms with Crippen molar-refractivity contribution >= 4 is 17.9 Å². The van der Waals surface area contributed by atoms with Gasteiger partial charge in [-0.3, -0.25) is 0 Å². The Morgan fingerprint density at radius 3 is 2.52 bits per heavy atom. The van der Waals surface area contributed by atoms with Gasteiger partial charge in [-0.1, -0.05) is 18.2 Å². The molecule has 0 radical (unpaired) electrons. The first-order chi connectivity index (χ1) is 11.2. The number of benzene rings is 2. The fourth-order valence-corrected chi connectivity index (χ4v) is 2.21. The monoisotopic (exact) mass is 309 g/mol. The van der Waals surface area contributed by atoms with Crippen LogP contribution in [-0.2, 0) is 9.53 Å². The summed E-state index contributed by atoms with van der Waals surface area (Å²) in [6.45, 7) is 0. The van der Waals surface area contributed by atoms with Crippen LogP contribution in [0.5, 0.6) is 11.5 Å². The molecule has 0 saturated carbocycles. The molecule has 1 heterocycles. The maximum absolute atomic E-state index is 12.0. The smallest absolute Gasteiger partial charge is 0.363 e. The number of carbonyl (C=O) groups excluding carboxylic acids is 1. The van der Waals surface area contributed by atoms with E-state index in [1.807, 2.05) is 30.3 Å². The predicted octanol–water partition coefficient (Wildman–Crippen LogP) is 3.05. The van der Waals surface area contributed by atoms with Gasteiger partial charge in [0.2, 0.25) is 5.90 Å². The normalized spacial score (nSPS) is 15.3. The summed E-state index contributed by atoms with van der Waals surface area (Å²) in [5.74, 6) is 1.09. The number of hydrogen-bond donors (Lipinski definition) is 0. The molecule has 1 aliphatic heterocycles. The van der Waals surface area contributed by atoms with Crippen LogP contribution in [0.2, 0.25) is 0 Å². The molecule has 0 fully saturated rings. The highest BCUT2D eigenvalue weighted by Gasteiger charge is 2.24. The molecule has 0 amide bonds. The molecule has 0 N–H and O–H groups in total. The van der Waals surface area contributed by atoms with Gasteiger partial charge in [-0.15, -0.1) is 0 Å². The van der Waals surface area contributed by atoms with E-state index in [-0.39, 0.29) is 5.70 Å². The van der Waals surface area contributed by atoms with Gasteiger partial charge in [0.25, 0.3) is 0 Å². The van der Waals surface area contributed by atoms with Gasteiger partial charge in [0, 0.05) is 11.1 Å². The number of rotatable bonds is 4. The molecule has 1 aliphatic rings. The van der Waals surface area contributed by atoms with Crippen molar-refractivity contribution < 1.29 is 19.0 Å². The van der Waals surface area contributed by atoms with Crippen molar-refractivity contribution in [2.75, 3.05) is 14.2 Å². The van der Waals surface area contributed by atoms with Gasteiger partial charge in [-0.25, -0.2) is 9.79 Å². The van der Waals surface area contributed by atoms with E-state index in [9.17, 15) is 4.79 Å². The van der Waals surface area contributed by atoms with Crippen molar-refractivity contribution in [3.8, 4) is 11.5 Å². The first kappa shape index (κ1) is 14.8. The van der Waals surface area contributed by atoms with Crippen molar-refractivity contribution in [2.45, 2.75) is 0 Å². The molecule has 0 saturated heterocycles. The molecule has 0 bridgehead atoms. The second-order valence-electron chi connectivity index (χ2n) is 4.81. The minimum absolute atomic E-state index is 0.218. The van der Waals surface area contributed by atoms with Crippen molar-refractivity contribution in [1.29, 1.82) is 0 Å². The zero-order chi connectivity index (χ0) is 16.2. The Balaban J connectivity index is 1.99. The Bertz CT molecular complexity index is 794. The fourth-order valence-electron chi connectivity index (χ4n) is 2.21. The minimum atomic E-state index is -0.492. The third kappa shape index (κ3) is 3.08. The number of nitrogens with zero attached hydrogens (tertiary/aromatic N) is 1. The number of cyclic esters (lactones) is 1. The summed E-state index contributed by atoms with van der Waals surface area (Å²) in [6, 6.07) is 14.6. The summed E-state index contributed by atoms with van der Waals surface area (Å²) in [5, 5.41) is 0. The summed E-state index contributed by atoms with van der Waals surface area (Å²) in [4.78, 5) is 16.3. The minimum Gasteiger partial charge on any atom is -0.497 e. The maximum atomic E-state index is 12.0. The molecule has 116 valence electrons. The lowest BCUT2D eigenvalue weighted by Crippen LogP contribution is -2.05. The molecule has 0 aromatic heterocycles. The maximum Gasteiger partial charge on any atom is 0.363 e. The lowest BCUT2D eigenvalue weighted by atomic mass is 10.1. The van der Waals surface area contributed by atoms with Crippen molar-refractivity contribution in [1.82, 2.24) is 0 Å². The predicted molar refractivity (Wildman–Crippen MR) is 86.6 cm³/mol. The molecular formula is C18H15NO4. The average molecular weight is 309 g/mol. The highest BCUT2D eigenvalue weighted by Crippen LogP contribution is 2.28. The topological polar surface area (TPSA) is 57.1 Å². The number of carbonyl (C=O) groups is 1. The Morgan fingerprint density at radius 2 is 1.83 bits per heavy atom. The van der Waals surface area contributed by atoms with E-state index in [2.05, 4.69) is 4.99 Å². The number of ether oxygens (including phenoxy) is 3. The van der Waals surface area contributed by atoms with E-state index in [0.29, 0.717) is 23.0 Å². The van der Waals surface area contributed by atoms with Gasteiger partial charge in [0.05, 0.1) is 14.2 Å². The molecule has 3 rings (SSSR count). The van der Waals surface area contributed by atoms with E-state index in [0.717, 1.165) is 5.56 Å². The van der Waals surface area contributed by atoms with Crippen LogP contribution in [0.25, 0.3) is 6.08 Å². The van der Waals surface area contributed by atoms with Crippen molar-refractivity contribution in [3.63, 3.8) is 0 Å². The molecule has 0 unspecified atom stereocenters. The zero-order valence-electron chi connectivity index (χ0n) is 12.8. The van der Waals surface area contributed by atoms with Gasteiger partial charge < -0.3 is 14.2 Å². The van der Waals surface area contributed by atoms with Gasteiger partial charge in [0.15, 0.2) is 5.70 Å². The molecular weight excluding hydrogens is 294 g/mol. The molecule has 2 aromatic carbocycles. The Morgan fingerprint density at radius 1 is 1.04 bits per heavy atom. The Kier molecular flexibility index (Phi) is 4.10. The van der Waals surface area contributed by atoms with Crippen LogP contribution in [-0.4, -0.2) is 26.1 Å². The van der Waals surface area contributed by atoms with E-state index < -0.39 is 5.97 Å². The van der Waals surface area contributed by atoms with Crippen LogP contribution in [0.3, 0.4) is 0 Å². The molecule has 5 nitrogen and oxygen atoms in total. The van der Waals surface area contributed by atoms with Gasteiger partial charge in [-0.05, 0) is 36.4 Å². The Labute approximate surface area is 133 Å². The van der Waals surface area contributed by atoms with Gasteiger partial charge in [0.1, 0.15) is 11.5 Å². The number of hydrogen-bond acceptors (Lipinski definition) is 5. The van der Waals surface area contributed by atoms with Crippen molar-refractivity contribution in [2.24, 2.45) is 4.99 Å². The van der Waals surface area contributed by atoms with E-state index in [1.54, 1.807) is 38.5 Å². The van der Waals surface area contributed by atoms with Gasteiger partial charge >= 0.3 is 5.97 Å². The molecule has 0 spiro atoms. The molecule has 5 heteroatoms.